The third-order valence-corrected chi connectivity index (χ3v) is 5.14. The molecule has 28 heavy (non-hydrogen) atoms. The molecule has 0 unspecified atom stereocenters. The fraction of sp³-hybridized carbons (Fsp3) is 0.476. The fourth-order valence-electron chi connectivity index (χ4n) is 3.59. The third-order valence-electron chi connectivity index (χ3n) is 5.14. The average Bonchev–Trinajstić information content (AvgIpc) is 3.39. The second-order valence-corrected chi connectivity index (χ2v) is 7.23. The topological polar surface area (TPSA) is 84.9 Å². The van der Waals surface area contributed by atoms with E-state index in [1.807, 2.05) is 26.0 Å². The van der Waals surface area contributed by atoms with E-state index in [0.29, 0.717) is 24.9 Å². The van der Waals surface area contributed by atoms with Gasteiger partial charge in [0.15, 0.2) is 0 Å². The summed E-state index contributed by atoms with van der Waals surface area (Å²) in [7, 11) is 0. The molecule has 3 rings (SSSR count). The zero-order valence-electron chi connectivity index (χ0n) is 16.7. The molecule has 1 aliphatic rings. The van der Waals surface area contributed by atoms with Gasteiger partial charge < -0.3 is 14.6 Å². The van der Waals surface area contributed by atoms with Gasteiger partial charge in [0, 0.05) is 43.1 Å². The quantitative estimate of drug-likeness (QED) is 0.589. The van der Waals surface area contributed by atoms with Crippen LogP contribution in [-0.4, -0.2) is 33.5 Å². The van der Waals surface area contributed by atoms with Crippen molar-refractivity contribution in [3.8, 4) is 6.07 Å². The minimum atomic E-state index is -0.424. The first-order valence-corrected chi connectivity index (χ1v) is 9.73. The van der Waals surface area contributed by atoms with Crippen molar-refractivity contribution < 1.29 is 9.53 Å². The van der Waals surface area contributed by atoms with Crippen molar-refractivity contribution in [1.29, 1.82) is 5.26 Å². The Hall–Kier alpha value is -2.85. The van der Waals surface area contributed by atoms with E-state index in [1.54, 1.807) is 23.0 Å². The largest absolute Gasteiger partial charge is 0.381 e. The molecule has 7 nitrogen and oxygen atoms in total. The van der Waals surface area contributed by atoms with Crippen molar-refractivity contribution in [2.24, 2.45) is 5.92 Å². The average molecular weight is 381 g/mol. The predicted octanol–water partition coefficient (Wildman–Crippen LogP) is 3.29. The lowest BCUT2D eigenvalue weighted by molar-refractivity contribution is -0.112. The summed E-state index contributed by atoms with van der Waals surface area (Å²) in [5, 5.41) is 16.6. The fourth-order valence-corrected chi connectivity index (χ4v) is 3.59. The lowest BCUT2D eigenvalue weighted by Gasteiger charge is -2.12. The van der Waals surface area contributed by atoms with Crippen LogP contribution in [-0.2, 0) is 22.6 Å². The number of hydrogen-bond donors (Lipinski definition) is 1. The van der Waals surface area contributed by atoms with E-state index in [-0.39, 0.29) is 5.57 Å². The number of aromatic nitrogens is 3. The molecule has 2 aromatic rings. The second kappa shape index (κ2) is 8.89. The van der Waals surface area contributed by atoms with Gasteiger partial charge in [0.05, 0.1) is 12.8 Å². The van der Waals surface area contributed by atoms with Crippen LogP contribution in [0, 0.1) is 31.1 Å². The van der Waals surface area contributed by atoms with Crippen LogP contribution in [0.3, 0.4) is 0 Å². The van der Waals surface area contributed by atoms with Crippen molar-refractivity contribution in [1.82, 2.24) is 14.3 Å². The maximum atomic E-state index is 12.7. The summed E-state index contributed by atoms with van der Waals surface area (Å²) in [5.41, 5.74) is 3.16. The molecule has 1 amide bonds. The lowest BCUT2D eigenvalue weighted by Crippen LogP contribution is -2.19. The summed E-state index contributed by atoms with van der Waals surface area (Å²) in [4.78, 5) is 12.7. The second-order valence-electron chi connectivity index (χ2n) is 7.23. The SMILES string of the molecule is CCCn1c(C)cc(/C=C(/C#N)C(=O)Nc2ccnn2C[C@H]2CCOC2)c1C. The highest BCUT2D eigenvalue weighted by Gasteiger charge is 2.19. The number of anilines is 1. The van der Waals surface area contributed by atoms with Gasteiger partial charge in [-0.15, -0.1) is 0 Å². The van der Waals surface area contributed by atoms with Crippen LogP contribution in [0.25, 0.3) is 6.08 Å². The van der Waals surface area contributed by atoms with Gasteiger partial charge >= 0.3 is 0 Å². The van der Waals surface area contributed by atoms with Crippen molar-refractivity contribution in [3.05, 3.63) is 40.9 Å². The van der Waals surface area contributed by atoms with Gasteiger partial charge in [0.25, 0.3) is 5.91 Å². The van der Waals surface area contributed by atoms with E-state index in [2.05, 4.69) is 21.9 Å². The molecule has 2 aromatic heterocycles. The van der Waals surface area contributed by atoms with Crippen LogP contribution in [0.5, 0.6) is 0 Å². The number of ether oxygens (including phenoxy) is 1. The minimum Gasteiger partial charge on any atom is -0.381 e. The Kier molecular flexibility index (Phi) is 6.32. The predicted molar refractivity (Wildman–Crippen MR) is 108 cm³/mol. The molecule has 0 radical (unpaired) electrons. The molecule has 3 heterocycles. The van der Waals surface area contributed by atoms with Gasteiger partial charge in [-0.2, -0.15) is 10.4 Å². The highest BCUT2D eigenvalue weighted by Crippen LogP contribution is 2.20. The molecule has 1 atom stereocenters. The number of nitrogens with one attached hydrogen (secondary N) is 1. The van der Waals surface area contributed by atoms with Crippen LogP contribution in [0.2, 0.25) is 0 Å². The third kappa shape index (κ3) is 4.34. The van der Waals surface area contributed by atoms with E-state index < -0.39 is 5.91 Å². The summed E-state index contributed by atoms with van der Waals surface area (Å²) >= 11 is 0. The summed E-state index contributed by atoms with van der Waals surface area (Å²) in [5.74, 6) is 0.562. The highest BCUT2D eigenvalue weighted by molar-refractivity contribution is 6.09. The summed E-state index contributed by atoms with van der Waals surface area (Å²) in [6.07, 6.45) is 5.33. The normalized spacial score (nSPS) is 16.9. The van der Waals surface area contributed by atoms with Crippen LogP contribution >= 0.6 is 0 Å². The molecular weight excluding hydrogens is 354 g/mol. The molecule has 1 aliphatic heterocycles. The minimum absolute atomic E-state index is 0.0775. The van der Waals surface area contributed by atoms with Gasteiger partial charge in [-0.25, -0.2) is 4.68 Å². The number of hydrogen-bond acceptors (Lipinski definition) is 4. The molecule has 7 heteroatoms. The zero-order chi connectivity index (χ0) is 20.1. The highest BCUT2D eigenvalue weighted by atomic mass is 16.5. The number of amides is 1. The first-order valence-electron chi connectivity index (χ1n) is 9.73. The number of nitriles is 1. The van der Waals surface area contributed by atoms with Crippen molar-refractivity contribution in [2.75, 3.05) is 18.5 Å². The van der Waals surface area contributed by atoms with Crippen LogP contribution in [0.15, 0.2) is 23.9 Å². The Labute approximate surface area is 165 Å². The Morgan fingerprint density at radius 3 is 3.00 bits per heavy atom. The first-order chi connectivity index (χ1) is 13.5. The van der Waals surface area contributed by atoms with E-state index in [9.17, 15) is 10.1 Å². The van der Waals surface area contributed by atoms with Crippen molar-refractivity contribution >= 4 is 17.8 Å². The smallest absolute Gasteiger partial charge is 0.267 e. The van der Waals surface area contributed by atoms with E-state index in [1.165, 1.54) is 0 Å². The molecule has 0 saturated carbocycles. The molecule has 0 aromatic carbocycles. The van der Waals surface area contributed by atoms with E-state index in [4.69, 9.17) is 4.74 Å². The summed E-state index contributed by atoms with van der Waals surface area (Å²) in [6, 6.07) is 5.79. The molecule has 0 bridgehead atoms. The number of rotatable bonds is 7. The number of carbonyl (C=O) groups excluding carboxylic acids is 1. The summed E-state index contributed by atoms with van der Waals surface area (Å²) < 4.78 is 9.38. The lowest BCUT2D eigenvalue weighted by atomic mass is 10.1. The van der Waals surface area contributed by atoms with Crippen molar-refractivity contribution in [3.63, 3.8) is 0 Å². The number of nitrogens with zero attached hydrogens (tertiary/aromatic N) is 4. The van der Waals surface area contributed by atoms with Gasteiger partial charge in [-0.3, -0.25) is 4.79 Å². The van der Waals surface area contributed by atoms with Crippen LogP contribution in [0.1, 0.15) is 36.7 Å². The maximum absolute atomic E-state index is 12.7. The monoisotopic (exact) mass is 381 g/mol. The molecule has 1 fully saturated rings. The van der Waals surface area contributed by atoms with E-state index >= 15 is 0 Å². The van der Waals surface area contributed by atoms with Crippen molar-refractivity contribution in [2.45, 2.75) is 46.7 Å². The Morgan fingerprint density at radius 1 is 1.50 bits per heavy atom. The first kappa shape index (κ1) is 19.9. The maximum Gasteiger partial charge on any atom is 0.267 e. The molecule has 1 N–H and O–H groups in total. The molecular formula is C21H27N5O2. The van der Waals surface area contributed by atoms with Crippen LogP contribution < -0.4 is 5.32 Å². The molecule has 0 aliphatic carbocycles. The zero-order valence-corrected chi connectivity index (χ0v) is 16.7. The van der Waals surface area contributed by atoms with Crippen LogP contribution in [0.4, 0.5) is 5.82 Å². The Balaban J connectivity index is 1.76. The number of aryl methyl sites for hydroxylation is 1. The van der Waals surface area contributed by atoms with Gasteiger partial charge in [0.1, 0.15) is 17.5 Å². The van der Waals surface area contributed by atoms with E-state index in [0.717, 1.165) is 42.9 Å². The molecule has 0 spiro atoms. The van der Waals surface area contributed by atoms with Gasteiger partial charge in [-0.05, 0) is 44.4 Å². The summed E-state index contributed by atoms with van der Waals surface area (Å²) in [6.45, 7) is 9.27. The van der Waals surface area contributed by atoms with Gasteiger partial charge in [-0.1, -0.05) is 6.92 Å². The molecule has 148 valence electrons. The molecule has 1 saturated heterocycles. The van der Waals surface area contributed by atoms with Gasteiger partial charge in [0.2, 0.25) is 0 Å². The Bertz CT molecular complexity index is 910. The standard InChI is InChI=1S/C21H27N5O2/c1-4-8-25-15(2)10-18(16(25)3)11-19(12-22)21(27)24-20-5-7-23-26(20)13-17-6-9-28-14-17/h5,7,10-11,17H,4,6,8-9,13-14H2,1-3H3,(H,24,27)/b19-11-/t17-/m1/s1. The number of carbonyl (C=O) groups is 1. The Morgan fingerprint density at radius 2 is 2.32 bits per heavy atom.